The van der Waals surface area contributed by atoms with Crippen molar-refractivity contribution < 1.29 is 19.2 Å². The molecule has 20 heavy (non-hydrogen) atoms. The SMILES string of the molecule is O=C(O)c1cc(NCC2CCCS2)c(F)cc1[N+](=O)[O-]. The first kappa shape index (κ1) is 14.6. The largest absolute Gasteiger partial charge is 0.477 e. The number of aromatic carboxylic acids is 1. The van der Waals surface area contributed by atoms with Crippen molar-refractivity contribution in [1.29, 1.82) is 0 Å². The standard InChI is InChI=1S/C12H13FN2O4S/c13-9-5-11(15(18)19)8(12(16)17)4-10(9)14-6-7-2-1-3-20-7/h4-5,7,14H,1-3,6H2,(H,16,17). The normalized spacial score (nSPS) is 17.9. The van der Waals surface area contributed by atoms with Gasteiger partial charge in [-0.05, 0) is 24.7 Å². The lowest BCUT2D eigenvalue weighted by Crippen LogP contribution is -2.15. The molecule has 1 aromatic carbocycles. The number of thioether (sulfide) groups is 1. The lowest BCUT2D eigenvalue weighted by atomic mass is 10.1. The van der Waals surface area contributed by atoms with Crippen molar-refractivity contribution in [3.63, 3.8) is 0 Å². The van der Waals surface area contributed by atoms with E-state index < -0.39 is 28.0 Å². The highest BCUT2D eigenvalue weighted by atomic mass is 32.2. The number of carboxylic acids is 1. The van der Waals surface area contributed by atoms with E-state index >= 15 is 0 Å². The molecule has 0 spiro atoms. The molecule has 2 N–H and O–H groups in total. The fourth-order valence-electron chi connectivity index (χ4n) is 2.05. The maximum Gasteiger partial charge on any atom is 0.342 e. The molecule has 2 rings (SSSR count). The lowest BCUT2D eigenvalue weighted by Gasteiger charge is -2.12. The van der Waals surface area contributed by atoms with Crippen LogP contribution in [0.3, 0.4) is 0 Å². The number of hydrogen-bond donors (Lipinski definition) is 2. The second-order valence-corrected chi connectivity index (χ2v) is 5.84. The van der Waals surface area contributed by atoms with Gasteiger partial charge in [-0.15, -0.1) is 0 Å². The van der Waals surface area contributed by atoms with Crippen LogP contribution in [0.15, 0.2) is 12.1 Å². The van der Waals surface area contributed by atoms with E-state index in [2.05, 4.69) is 5.32 Å². The number of nitrogens with one attached hydrogen (secondary N) is 1. The Morgan fingerprint density at radius 3 is 2.90 bits per heavy atom. The summed E-state index contributed by atoms with van der Waals surface area (Å²) < 4.78 is 13.8. The Kier molecular flexibility index (Phi) is 4.43. The zero-order valence-corrected chi connectivity index (χ0v) is 11.3. The van der Waals surface area contributed by atoms with E-state index in [4.69, 9.17) is 5.11 Å². The Morgan fingerprint density at radius 1 is 1.60 bits per heavy atom. The third kappa shape index (κ3) is 3.19. The third-order valence-corrected chi connectivity index (χ3v) is 4.45. The minimum atomic E-state index is -1.45. The van der Waals surface area contributed by atoms with E-state index in [0.29, 0.717) is 17.9 Å². The summed E-state index contributed by atoms with van der Waals surface area (Å²) in [5, 5.41) is 22.9. The van der Waals surface area contributed by atoms with Gasteiger partial charge in [0.05, 0.1) is 16.7 Å². The molecule has 1 aliphatic heterocycles. The smallest absolute Gasteiger partial charge is 0.342 e. The Hall–Kier alpha value is -1.83. The molecule has 0 saturated carbocycles. The minimum Gasteiger partial charge on any atom is -0.477 e. The average Bonchev–Trinajstić information content (AvgIpc) is 2.89. The molecule has 1 atom stereocenters. The van der Waals surface area contributed by atoms with E-state index in [-0.39, 0.29) is 5.69 Å². The maximum absolute atomic E-state index is 13.8. The molecule has 0 bridgehead atoms. The van der Waals surface area contributed by atoms with Crippen molar-refractivity contribution >= 4 is 29.1 Å². The number of nitro benzene ring substituents is 1. The summed E-state index contributed by atoms with van der Waals surface area (Å²) in [5.74, 6) is -1.20. The van der Waals surface area contributed by atoms with Crippen LogP contribution in [0.1, 0.15) is 23.2 Å². The maximum atomic E-state index is 13.8. The predicted octanol–water partition coefficient (Wildman–Crippen LogP) is 2.74. The van der Waals surface area contributed by atoms with Crippen LogP contribution in [-0.4, -0.2) is 33.5 Å². The van der Waals surface area contributed by atoms with Gasteiger partial charge in [-0.25, -0.2) is 9.18 Å². The number of carbonyl (C=O) groups is 1. The second-order valence-electron chi connectivity index (χ2n) is 4.43. The van der Waals surface area contributed by atoms with E-state index in [1.807, 2.05) is 0 Å². The van der Waals surface area contributed by atoms with Crippen LogP contribution in [0, 0.1) is 15.9 Å². The molecule has 1 heterocycles. The van der Waals surface area contributed by atoms with Crippen LogP contribution in [0.25, 0.3) is 0 Å². The Bertz CT molecular complexity index is 547. The van der Waals surface area contributed by atoms with Gasteiger partial charge in [0.25, 0.3) is 5.69 Å². The van der Waals surface area contributed by atoms with Crippen molar-refractivity contribution in [2.75, 3.05) is 17.6 Å². The number of nitro groups is 1. The highest BCUT2D eigenvalue weighted by molar-refractivity contribution is 8.00. The molecule has 1 saturated heterocycles. The van der Waals surface area contributed by atoms with Crippen LogP contribution in [-0.2, 0) is 0 Å². The van der Waals surface area contributed by atoms with Gasteiger partial charge in [-0.2, -0.15) is 11.8 Å². The fourth-order valence-corrected chi connectivity index (χ4v) is 3.25. The summed E-state index contributed by atoms with van der Waals surface area (Å²) in [4.78, 5) is 20.8. The molecule has 1 unspecified atom stereocenters. The number of hydrogen-bond acceptors (Lipinski definition) is 5. The second kappa shape index (κ2) is 6.08. The number of benzene rings is 1. The first-order valence-electron chi connectivity index (χ1n) is 6.05. The van der Waals surface area contributed by atoms with Crippen LogP contribution >= 0.6 is 11.8 Å². The van der Waals surface area contributed by atoms with Gasteiger partial charge < -0.3 is 10.4 Å². The van der Waals surface area contributed by atoms with Crippen molar-refractivity contribution in [3.8, 4) is 0 Å². The lowest BCUT2D eigenvalue weighted by molar-refractivity contribution is -0.385. The van der Waals surface area contributed by atoms with Gasteiger partial charge in [-0.3, -0.25) is 10.1 Å². The molecule has 0 radical (unpaired) electrons. The van der Waals surface area contributed by atoms with E-state index in [9.17, 15) is 19.3 Å². The number of nitrogens with zero attached hydrogens (tertiary/aromatic N) is 1. The van der Waals surface area contributed by atoms with Gasteiger partial charge in [-0.1, -0.05) is 0 Å². The van der Waals surface area contributed by atoms with E-state index in [1.54, 1.807) is 11.8 Å². The molecule has 1 aromatic rings. The monoisotopic (exact) mass is 300 g/mol. The topological polar surface area (TPSA) is 92.5 Å². The fraction of sp³-hybridized carbons (Fsp3) is 0.417. The summed E-state index contributed by atoms with van der Waals surface area (Å²) >= 11 is 1.78. The zero-order chi connectivity index (χ0) is 14.7. The van der Waals surface area contributed by atoms with Crippen molar-refractivity contribution in [2.45, 2.75) is 18.1 Å². The third-order valence-electron chi connectivity index (χ3n) is 3.06. The van der Waals surface area contributed by atoms with Gasteiger partial charge in [0.1, 0.15) is 5.56 Å². The van der Waals surface area contributed by atoms with Crippen molar-refractivity contribution in [1.82, 2.24) is 0 Å². The molecule has 108 valence electrons. The highest BCUT2D eigenvalue weighted by Crippen LogP contribution is 2.29. The van der Waals surface area contributed by atoms with E-state index in [1.165, 1.54) is 0 Å². The number of rotatable bonds is 5. The van der Waals surface area contributed by atoms with Crippen LogP contribution in [0.4, 0.5) is 15.8 Å². The highest BCUT2D eigenvalue weighted by Gasteiger charge is 2.24. The molecular formula is C12H13FN2O4S. The van der Waals surface area contributed by atoms with Crippen LogP contribution < -0.4 is 5.32 Å². The molecule has 0 amide bonds. The van der Waals surface area contributed by atoms with Gasteiger partial charge in [0.2, 0.25) is 0 Å². The van der Waals surface area contributed by atoms with Crippen LogP contribution in [0.5, 0.6) is 0 Å². The van der Waals surface area contributed by atoms with Crippen molar-refractivity contribution in [3.05, 3.63) is 33.6 Å². The van der Waals surface area contributed by atoms with Crippen molar-refractivity contribution in [2.24, 2.45) is 0 Å². The first-order chi connectivity index (χ1) is 9.49. The molecule has 0 aromatic heterocycles. The molecule has 0 aliphatic carbocycles. The summed E-state index contributed by atoms with van der Waals surface area (Å²) in [5.41, 5.74) is -1.27. The summed E-state index contributed by atoms with van der Waals surface area (Å²) in [6, 6.07) is 1.63. The Morgan fingerprint density at radius 2 is 2.35 bits per heavy atom. The van der Waals surface area contributed by atoms with Gasteiger partial charge in [0.15, 0.2) is 5.82 Å². The number of anilines is 1. The molecule has 1 fully saturated rings. The summed E-state index contributed by atoms with van der Waals surface area (Å²) in [6.45, 7) is 0.512. The molecule has 8 heteroatoms. The molecule has 1 aliphatic rings. The average molecular weight is 300 g/mol. The quantitative estimate of drug-likeness (QED) is 0.641. The first-order valence-corrected chi connectivity index (χ1v) is 7.10. The predicted molar refractivity (Wildman–Crippen MR) is 74.0 cm³/mol. The summed E-state index contributed by atoms with van der Waals surface area (Å²) in [7, 11) is 0. The minimum absolute atomic E-state index is 0.0134. The molecular weight excluding hydrogens is 287 g/mol. The van der Waals surface area contributed by atoms with E-state index in [0.717, 1.165) is 24.7 Å². The number of carboxylic acid groups (broad SMARTS) is 1. The number of halogens is 1. The summed E-state index contributed by atoms with van der Waals surface area (Å²) in [6.07, 6.45) is 2.14. The van der Waals surface area contributed by atoms with Gasteiger partial charge >= 0.3 is 5.97 Å². The molecule has 6 nitrogen and oxygen atoms in total. The van der Waals surface area contributed by atoms with Gasteiger partial charge in [0, 0.05) is 11.8 Å². The Balaban J connectivity index is 2.22. The Labute approximate surface area is 118 Å². The zero-order valence-electron chi connectivity index (χ0n) is 10.5. The van der Waals surface area contributed by atoms with Crippen LogP contribution in [0.2, 0.25) is 0 Å².